The minimum absolute atomic E-state index is 0.416. The molecule has 1 amide bonds. The molecule has 3 aliphatic rings. The molecular weight excluding hydrogens is 126 g/mol. The predicted octanol–water partition coefficient (Wildman–Crippen LogP) is 1.02. The number of carbonyl (C=O) groups excluding carboxylic acids is 1. The normalized spacial score (nSPS) is 32.6. The molecule has 0 saturated carbocycles. The molecule has 1 atom stereocenters. The third-order valence-corrected chi connectivity index (χ3v) is 2.58. The molecule has 3 heterocycles. The van der Waals surface area contributed by atoms with Gasteiger partial charge in [0, 0.05) is 13.1 Å². The van der Waals surface area contributed by atoms with E-state index in [1.807, 2.05) is 4.90 Å². The summed E-state index contributed by atoms with van der Waals surface area (Å²) >= 11 is 0. The molecule has 56 valence electrons. The average molecular weight is 139 g/mol. The van der Waals surface area contributed by atoms with Gasteiger partial charge in [0.25, 0.3) is 0 Å². The van der Waals surface area contributed by atoms with Crippen LogP contribution in [-0.2, 0) is 4.79 Å². The summed E-state index contributed by atoms with van der Waals surface area (Å²) in [7, 11) is 0. The van der Waals surface area contributed by atoms with Gasteiger partial charge in [0.2, 0.25) is 5.91 Å². The van der Waals surface area contributed by atoms with Gasteiger partial charge in [0.1, 0.15) is 0 Å². The molecule has 0 spiro atoms. The molecular formula is C8H13NO. The Hall–Kier alpha value is -0.530. The molecule has 10 heavy (non-hydrogen) atoms. The molecule has 0 aliphatic carbocycles. The monoisotopic (exact) mass is 139 g/mol. The van der Waals surface area contributed by atoms with Crippen molar-refractivity contribution < 1.29 is 4.79 Å². The number of amides is 1. The minimum Gasteiger partial charge on any atom is -0.342 e. The Morgan fingerprint density at radius 2 is 2.20 bits per heavy atom. The van der Waals surface area contributed by atoms with Crippen molar-refractivity contribution in [2.24, 2.45) is 5.92 Å². The highest BCUT2D eigenvalue weighted by molar-refractivity contribution is 5.84. The Balaban J connectivity index is 1.98. The zero-order valence-electron chi connectivity index (χ0n) is 6.18. The second-order valence-electron chi connectivity index (χ2n) is 3.33. The van der Waals surface area contributed by atoms with Crippen LogP contribution in [0.15, 0.2) is 0 Å². The Bertz CT molecular complexity index is 137. The molecule has 1 unspecified atom stereocenters. The van der Waals surface area contributed by atoms with Crippen molar-refractivity contribution in [2.75, 3.05) is 13.1 Å². The van der Waals surface area contributed by atoms with Crippen LogP contribution in [0.4, 0.5) is 0 Å². The maximum absolute atomic E-state index is 11.1. The van der Waals surface area contributed by atoms with Gasteiger partial charge in [-0.3, -0.25) is 4.79 Å². The van der Waals surface area contributed by atoms with Crippen molar-refractivity contribution in [1.82, 2.24) is 4.90 Å². The summed E-state index contributed by atoms with van der Waals surface area (Å²) in [6.07, 6.45) is 4.96. The zero-order chi connectivity index (χ0) is 6.97. The van der Waals surface area contributed by atoms with Gasteiger partial charge in [-0.05, 0) is 12.8 Å². The van der Waals surface area contributed by atoms with Crippen molar-refractivity contribution in [1.29, 1.82) is 0 Å². The fourth-order valence-electron chi connectivity index (χ4n) is 1.87. The molecule has 3 aliphatic heterocycles. The van der Waals surface area contributed by atoms with Crippen molar-refractivity contribution in [3.8, 4) is 0 Å². The average Bonchev–Trinajstić information content (AvgIpc) is 1.84. The van der Waals surface area contributed by atoms with E-state index in [0.717, 1.165) is 19.5 Å². The molecule has 3 rings (SSSR count). The number of rotatable bonds is 0. The van der Waals surface area contributed by atoms with Gasteiger partial charge in [-0.1, -0.05) is 12.8 Å². The van der Waals surface area contributed by atoms with Crippen LogP contribution >= 0.6 is 0 Å². The molecule has 0 aromatic heterocycles. The van der Waals surface area contributed by atoms with Crippen molar-refractivity contribution in [2.45, 2.75) is 25.7 Å². The van der Waals surface area contributed by atoms with Crippen LogP contribution in [0.2, 0.25) is 0 Å². The first-order chi connectivity index (χ1) is 4.88. The van der Waals surface area contributed by atoms with Gasteiger partial charge in [-0.15, -0.1) is 0 Å². The summed E-state index contributed by atoms with van der Waals surface area (Å²) in [5.41, 5.74) is 0. The molecule has 0 N–H and O–H groups in total. The lowest BCUT2D eigenvalue weighted by molar-refractivity contribution is -0.149. The highest BCUT2D eigenvalue weighted by Crippen LogP contribution is 2.26. The summed E-state index contributed by atoms with van der Waals surface area (Å²) < 4.78 is 0. The van der Waals surface area contributed by atoms with Crippen LogP contribution in [0.1, 0.15) is 25.7 Å². The lowest BCUT2D eigenvalue weighted by Gasteiger charge is -2.40. The van der Waals surface area contributed by atoms with E-state index in [1.54, 1.807) is 0 Å². The topological polar surface area (TPSA) is 20.3 Å². The number of hydrogen-bond donors (Lipinski definition) is 0. The summed E-state index contributed by atoms with van der Waals surface area (Å²) in [6.45, 7) is 2.08. The highest BCUT2D eigenvalue weighted by atomic mass is 16.2. The quantitative estimate of drug-likeness (QED) is 0.459. The van der Waals surface area contributed by atoms with Crippen LogP contribution in [0.25, 0.3) is 0 Å². The SMILES string of the molecule is O=C1C2CCCCCN1C2. The zero-order valence-corrected chi connectivity index (χ0v) is 6.18. The minimum atomic E-state index is 0.416. The third-order valence-electron chi connectivity index (χ3n) is 2.58. The Labute approximate surface area is 61.2 Å². The van der Waals surface area contributed by atoms with E-state index in [4.69, 9.17) is 0 Å². The standard InChI is InChI=1S/C8H13NO/c10-8-7-4-2-1-3-5-9(8)6-7/h7H,1-6H2. The van der Waals surface area contributed by atoms with E-state index in [-0.39, 0.29) is 0 Å². The van der Waals surface area contributed by atoms with Crippen LogP contribution < -0.4 is 0 Å². The van der Waals surface area contributed by atoms with E-state index in [0.29, 0.717) is 11.8 Å². The van der Waals surface area contributed by atoms with Gasteiger partial charge in [0.15, 0.2) is 0 Å². The highest BCUT2D eigenvalue weighted by Gasteiger charge is 2.36. The molecule has 0 radical (unpaired) electrons. The number of carbonyl (C=O) groups is 1. The molecule has 0 aromatic rings. The fraction of sp³-hybridized carbons (Fsp3) is 0.875. The number of fused-ring (bicyclic) bond motifs is 4. The van der Waals surface area contributed by atoms with Gasteiger partial charge < -0.3 is 4.90 Å². The van der Waals surface area contributed by atoms with E-state index in [1.165, 1.54) is 19.3 Å². The second kappa shape index (κ2) is 2.26. The van der Waals surface area contributed by atoms with Gasteiger partial charge in [-0.2, -0.15) is 0 Å². The van der Waals surface area contributed by atoms with E-state index < -0.39 is 0 Å². The lowest BCUT2D eigenvalue weighted by atomic mass is 9.90. The molecule has 2 nitrogen and oxygen atoms in total. The molecule has 3 fully saturated rings. The van der Waals surface area contributed by atoms with Crippen molar-refractivity contribution in [3.63, 3.8) is 0 Å². The Morgan fingerprint density at radius 3 is 3.00 bits per heavy atom. The fourth-order valence-corrected chi connectivity index (χ4v) is 1.87. The van der Waals surface area contributed by atoms with Crippen LogP contribution in [0.5, 0.6) is 0 Å². The van der Waals surface area contributed by atoms with Crippen molar-refractivity contribution in [3.05, 3.63) is 0 Å². The van der Waals surface area contributed by atoms with E-state index in [9.17, 15) is 4.79 Å². The first-order valence-electron chi connectivity index (χ1n) is 4.17. The van der Waals surface area contributed by atoms with E-state index >= 15 is 0 Å². The molecule has 3 saturated heterocycles. The first-order valence-corrected chi connectivity index (χ1v) is 4.17. The van der Waals surface area contributed by atoms with E-state index in [2.05, 4.69) is 0 Å². The first kappa shape index (κ1) is 6.20. The van der Waals surface area contributed by atoms with Gasteiger partial charge >= 0.3 is 0 Å². The Morgan fingerprint density at radius 1 is 1.30 bits per heavy atom. The summed E-state index contributed by atoms with van der Waals surface area (Å²) in [6, 6.07) is 0. The van der Waals surface area contributed by atoms with Crippen LogP contribution in [-0.4, -0.2) is 23.9 Å². The largest absolute Gasteiger partial charge is 0.342 e. The Kier molecular flexibility index (Phi) is 1.40. The van der Waals surface area contributed by atoms with Crippen LogP contribution in [0, 0.1) is 5.92 Å². The maximum Gasteiger partial charge on any atom is 0.227 e. The number of β-lactam (4-membered cyclic amide) rings is 1. The third kappa shape index (κ3) is 0.825. The van der Waals surface area contributed by atoms with Gasteiger partial charge in [-0.25, -0.2) is 0 Å². The lowest BCUT2D eigenvalue weighted by Crippen LogP contribution is -2.53. The number of hydrogen-bond acceptors (Lipinski definition) is 1. The smallest absolute Gasteiger partial charge is 0.227 e. The van der Waals surface area contributed by atoms with Crippen molar-refractivity contribution >= 4 is 5.91 Å². The molecule has 2 bridgehead atoms. The molecule has 2 heteroatoms. The number of nitrogens with zero attached hydrogens (tertiary/aromatic N) is 1. The summed E-state index contributed by atoms with van der Waals surface area (Å²) in [5.74, 6) is 0.833. The van der Waals surface area contributed by atoms with Gasteiger partial charge in [0.05, 0.1) is 5.92 Å². The maximum atomic E-state index is 11.1. The predicted molar refractivity (Wildman–Crippen MR) is 38.5 cm³/mol. The molecule has 0 aromatic carbocycles. The summed E-state index contributed by atoms with van der Waals surface area (Å²) in [4.78, 5) is 13.1. The summed E-state index contributed by atoms with van der Waals surface area (Å²) in [5, 5.41) is 0. The second-order valence-corrected chi connectivity index (χ2v) is 3.33. The van der Waals surface area contributed by atoms with Crippen LogP contribution in [0.3, 0.4) is 0 Å².